The van der Waals surface area contributed by atoms with Crippen molar-refractivity contribution in [2.45, 2.75) is 31.7 Å². The van der Waals surface area contributed by atoms with Crippen LogP contribution in [0.15, 0.2) is 29.2 Å². The van der Waals surface area contributed by atoms with Gasteiger partial charge in [-0.25, -0.2) is 8.42 Å². The molecule has 1 unspecified atom stereocenters. The van der Waals surface area contributed by atoms with E-state index in [-0.39, 0.29) is 11.5 Å². The van der Waals surface area contributed by atoms with E-state index in [2.05, 4.69) is 5.43 Å². The Morgan fingerprint density at radius 1 is 1.29 bits per heavy atom. The molecule has 0 bridgehead atoms. The van der Waals surface area contributed by atoms with Gasteiger partial charge in [0.05, 0.1) is 10.9 Å². The molecule has 17 heavy (non-hydrogen) atoms. The molecule has 96 valence electrons. The lowest BCUT2D eigenvalue weighted by molar-refractivity contribution is 0.275. The van der Waals surface area contributed by atoms with Gasteiger partial charge in [0.25, 0.3) is 0 Å². The molecule has 3 N–H and O–H groups in total. The number of sulfone groups is 1. The molecule has 0 aliphatic carbocycles. The molecule has 0 aliphatic rings. The minimum absolute atomic E-state index is 0.0924. The van der Waals surface area contributed by atoms with E-state index in [4.69, 9.17) is 5.84 Å². The third-order valence-corrected chi connectivity index (χ3v) is 3.76. The number of hydrogen-bond acceptors (Lipinski definition) is 4. The maximum atomic E-state index is 11.5. The van der Waals surface area contributed by atoms with Gasteiger partial charge in [-0.3, -0.25) is 11.3 Å². The molecule has 1 aromatic rings. The van der Waals surface area contributed by atoms with Crippen molar-refractivity contribution in [1.82, 2.24) is 5.43 Å². The highest BCUT2D eigenvalue weighted by Crippen LogP contribution is 2.32. The van der Waals surface area contributed by atoms with Crippen LogP contribution in [-0.4, -0.2) is 14.7 Å². The number of benzene rings is 1. The summed E-state index contributed by atoms with van der Waals surface area (Å²) in [7, 11) is -3.18. The van der Waals surface area contributed by atoms with Crippen molar-refractivity contribution in [3.8, 4) is 0 Å². The van der Waals surface area contributed by atoms with Crippen LogP contribution in [0.25, 0.3) is 0 Å². The van der Waals surface area contributed by atoms with Crippen molar-refractivity contribution in [2.75, 3.05) is 6.26 Å². The van der Waals surface area contributed by atoms with Gasteiger partial charge in [-0.15, -0.1) is 0 Å². The van der Waals surface area contributed by atoms with Crippen molar-refractivity contribution in [3.05, 3.63) is 29.8 Å². The summed E-state index contributed by atoms with van der Waals surface area (Å²) in [4.78, 5) is 0.319. The first-order chi connectivity index (χ1) is 7.66. The van der Waals surface area contributed by atoms with Crippen LogP contribution in [0.4, 0.5) is 0 Å². The predicted octanol–water partition coefficient (Wildman–Crippen LogP) is 1.64. The molecule has 0 heterocycles. The number of nitrogens with one attached hydrogen (secondary N) is 1. The second-order valence-corrected chi connectivity index (χ2v) is 7.33. The van der Waals surface area contributed by atoms with Crippen LogP contribution in [0.3, 0.4) is 0 Å². The van der Waals surface area contributed by atoms with Crippen LogP contribution in [0.5, 0.6) is 0 Å². The average Bonchev–Trinajstić information content (AvgIpc) is 2.15. The molecule has 5 heteroatoms. The van der Waals surface area contributed by atoms with Crippen LogP contribution in [-0.2, 0) is 9.84 Å². The molecular formula is C12H20N2O2S. The van der Waals surface area contributed by atoms with Gasteiger partial charge in [-0.05, 0) is 23.1 Å². The van der Waals surface area contributed by atoms with E-state index in [1.54, 1.807) is 18.2 Å². The first-order valence-corrected chi connectivity index (χ1v) is 7.31. The maximum absolute atomic E-state index is 11.5. The Balaban J connectivity index is 3.24. The summed E-state index contributed by atoms with van der Waals surface area (Å²) in [5.74, 6) is 5.55. The number of nitrogens with two attached hydrogens (primary N) is 1. The molecule has 0 saturated carbocycles. The van der Waals surface area contributed by atoms with Crippen LogP contribution in [0.1, 0.15) is 32.4 Å². The van der Waals surface area contributed by atoms with Crippen molar-refractivity contribution in [1.29, 1.82) is 0 Å². The zero-order chi connectivity index (χ0) is 13.3. The molecule has 1 aromatic carbocycles. The maximum Gasteiger partial charge on any atom is 0.175 e. The summed E-state index contributed by atoms with van der Waals surface area (Å²) >= 11 is 0. The normalized spacial score (nSPS) is 14.6. The fraction of sp³-hybridized carbons (Fsp3) is 0.500. The fourth-order valence-electron chi connectivity index (χ4n) is 1.77. The van der Waals surface area contributed by atoms with Crippen molar-refractivity contribution < 1.29 is 8.42 Å². The molecule has 0 amide bonds. The highest BCUT2D eigenvalue weighted by Gasteiger charge is 2.25. The molecule has 0 saturated heterocycles. The molecule has 0 aromatic heterocycles. The molecule has 0 spiro atoms. The Labute approximate surface area is 103 Å². The Kier molecular flexibility index (Phi) is 3.96. The van der Waals surface area contributed by atoms with Gasteiger partial charge >= 0.3 is 0 Å². The van der Waals surface area contributed by atoms with Crippen LogP contribution >= 0.6 is 0 Å². The van der Waals surface area contributed by atoms with Crippen molar-refractivity contribution in [2.24, 2.45) is 11.3 Å². The van der Waals surface area contributed by atoms with Gasteiger partial charge in [-0.2, -0.15) is 0 Å². The Morgan fingerprint density at radius 3 is 2.29 bits per heavy atom. The summed E-state index contributed by atoms with van der Waals surface area (Å²) < 4.78 is 23.0. The van der Waals surface area contributed by atoms with Gasteiger partial charge in [0, 0.05) is 6.26 Å². The second-order valence-electron chi connectivity index (χ2n) is 5.31. The highest BCUT2D eigenvalue weighted by atomic mass is 32.2. The zero-order valence-electron chi connectivity index (χ0n) is 10.7. The summed E-state index contributed by atoms with van der Waals surface area (Å²) in [5.41, 5.74) is 3.53. The first kappa shape index (κ1) is 14.2. The molecular weight excluding hydrogens is 236 g/mol. The second kappa shape index (κ2) is 4.76. The standard InChI is InChI=1S/C12H20N2O2S/c1-12(2,3)11(14-13)9-6-5-7-10(8-9)17(4,15)16/h5-8,11,14H,13H2,1-4H3. The van der Waals surface area contributed by atoms with E-state index in [9.17, 15) is 8.42 Å². The minimum Gasteiger partial charge on any atom is -0.271 e. The lowest BCUT2D eigenvalue weighted by Gasteiger charge is -2.30. The van der Waals surface area contributed by atoms with Crippen LogP contribution in [0, 0.1) is 5.41 Å². The Morgan fingerprint density at radius 2 is 1.88 bits per heavy atom. The quantitative estimate of drug-likeness (QED) is 0.637. The third kappa shape index (κ3) is 3.52. The molecule has 0 radical (unpaired) electrons. The van der Waals surface area contributed by atoms with E-state index in [1.165, 1.54) is 6.26 Å². The van der Waals surface area contributed by atoms with Gasteiger partial charge in [0.15, 0.2) is 9.84 Å². The summed E-state index contributed by atoms with van der Waals surface area (Å²) in [5, 5.41) is 0. The van der Waals surface area contributed by atoms with E-state index < -0.39 is 9.84 Å². The molecule has 1 rings (SSSR count). The first-order valence-electron chi connectivity index (χ1n) is 5.42. The minimum atomic E-state index is -3.18. The van der Waals surface area contributed by atoms with E-state index in [1.807, 2.05) is 26.8 Å². The lowest BCUT2D eigenvalue weighted by Crippen LogP contribution is -2.36. The molecule has 4 nitrogen and oxygen atoms in total. The smallest absolute Gasteiger partial charge is 0.175 e. The van der Waals surface area contributed by atoms with Crippen molar-refractivity contribution >= 4 is 9.84 Å². The average molecular weight is 256 g/mol. The molecule has 0 aliphatic heterocycles. The van der Waals surface area contributed by atoms with Gasteiger partial charge in [-0.1, -0.05) is 32.9 Å². The van der Waals surface area contributed by atoms with E-state index >= 15 is 0 Å². The van der Waals surface area contributed by atoms with Crippen LogP contribution < -0.4 is 11.3 Å². The Hall–Kier alpha value is -0.910. The van der Waals surface area contributed by atoms with Crippen molar-refractivity contribution in [3.63, 3.8) is 0 Å². The predicted molar refractivity (Wildman–Crippen MR) is 69.1 cm³/mol. The topological polar surface area (TPSA) is 72.2 Å². The third-order valence-electron chi connectivity index (χ3n) is 2.65. The summed E-state index contributed by atoms with van der Waals surface area (Å²) in [6, 6.07) is 6.79. The Bertz CT molecular complexity index is 489. The largest absolute Gasteiger partial charge is 0.271 e. The highest BCUT2D eigenvalue weighted by molar-refractivity contribution is 7.90. The fourth-order valence-corrected chi connectivity index (χ4v) is 2.45. The number of hydrazine groups is 1. The van der Waals surface area contributed by atoms with Gasteiger partial charge < -0.3 is 0 Å². The molecule has 1 atom stereocenters. The number of rotatable bonds is 3. The van der Waals surface area contributed by atoms with Gasteiger partial charge in [0.1, 0.15) is 0 Å². The zero-order valence-corrected chi connectivity index (χ0v) is 11.5. The lowest BCUT2D eigenvalue weighted by atomic mass is 9.83. The molecule has 0 fully saturated rings. The monoisotopic (exact) mass is 256 g/mol. The SMILES string of the molecule is CC(C)(C)C(NN)c1cccc(S(C)(=O)=O)c1. The van der Waals surface area contributed by atoms with E-state index in [0.29, 0.717) is 4.90 Å². The summed E-state index contributed by atoms with van der Waals surface area (Å²) in [6.45, 7) is 6.14. The van der Waals surface area contributed by atoms with E-state index in [0.717, 1.165) is 5.56 Å². The van der Waals surface area contributed by atoms with Gasteiger partial charge in [0.2, 0.25) is 0 Å². The number of hydrogen-bond donors (Lipinski definition) is 2. The van der Waals surface area contributed by atoms with Crippen LogP contribution in [0.2, 0.25) is 0 Å². The summed E-state index contributed by atoms with van der Waals surface area (Å²) in [6.07, 6.45) is 1.20.